The SMILES string of the molecule is CC(C)C[C@H](NC(=O)[C@H](CO)NC(=O)[C@H](Cc1ccccc1)NC(=O)[C@H](CC(=O)O)NC(=O)[C@@H](NC(=O)[C@H](CCCN=C(N)N)NC(=O)[C@@H](NC(=O)[C@@H]1CCCN1C(=O)[C@@H](N)CC(C)C)[C@@H](C)O)C(C)C)C(=O)O. The number of hydrogen-bond donors (Lipinski definition) is 14. The van der Waals surface area contributed by atoms with Crippen LogP contribution in [0.2, 0.25) is 0 Å². The number of benzene rings is 1. The van der Waals surface area contributed by atoms with Gasteiger partial charge in [0.25, 0.3) is 0 Å². The molecule has 0 aromatic heterocycles. The first-order chi connectivity index (χ1) is 34.7. The minimum Gasteiger partial charge on any atom is -0.481 e. The zero-order valence-electron chi connectivity index (χ0n) is 43.2. The number of hydrogen-bond acceptors (Lipinski definition) is 14. The third-order valence-corrected chi connectivity index (χ3v) is 11.8. The van der Waals surface area contributed by atoms with E-state index in [4.69, 9.17) is 17.2 Å². The van der Waals surface area contributed by atoms with Crippen molar-refractivity contribution < 1.29 is 68.4 Å². The standard InChI is InChI=1S/C48H78N12O14/c1-24(2)19-29(49)46(72)60-18-12-16-35(60)43(69)59-38(27(7)62)45(71)53-30(15-11-17-52-48(50)51)39(65)58-37(26(5)6)44(70)55-32(22-36(63)64)41(67)54-31(21-28-13-9-8-10-14-28)40(66)57-34(23-61)42(68)56-33(47(73)74)20-25(3)4/h8-10,13-14,24-27,29-35,37-38,61-62H,11-12,15-23,49H2,1-7H3,(H,53,71)(H,54,67)(H,55,70)(H,56,68)(H,57,66)(H,58,65)(H,59,69)(H,63,64)(H,73,74)(H4,50,51,52)/t27-,29+,30+,31+,32+,33+,34+,35+,37+,38+/m1/s1. The summed E-state index contributed by atoms with van der Waals surface area (Å²) in [5.41, 5.74) is 17.6. The minimum absolute atomic E-state index is 0.0102. The highest BCUT2D eigenvalue weighted by molar-refractivity contribution is 5.99. The number of carbonyl (C=O) groups is 10. The summed E-state index contributed by atoms with van der Waals surface area (Å²) in [6, 6.07) is -4.85. The first-order valence-corrected chi connectivity index (χ1v) is 24.7. The number of nitrogens with two attached hydrogens (primary N) is 3. The number of carboxylic acid groups (broad SMARTS) is 2. The Labute approximate surface area is 430 Å². The van der Waals surface area contributed by atoms with Crippen LogP contribution in [-0.2, 0) is 54.4 Å². The van der Waals surface area contributed by atoms with E-state index in [1.165, 1.54) is 25.7 Å². The smallest absolute Gasteiger partial charge is 0.326 e. The highest BCUT2D eigenvalue weighted by Crippen LogP contribution is 2.20. The number of nitrogens with one attached hydrogen (secondary N) is 7. The molecule has 0 bridgehead atoms. The van der Waals surface area contributed by atoms with E-state index in [1.807, 2.05) is 13.8 Å². The van der Waals surface area contributed by atoms with Crippen LogP contribution in [0.25, 0.3) is 0 Å². The molecule has 1 aliphatic heterocycles. The molecule has 0 saturated carbocycles. The van der Waals surface area contributed by atoms with Crippen molar-refractivity contribution in [1.29, 1.82) is 0 Å². The van der Waals surface area contributed by atoms with Crippen LogP contribution in [-0.4, -0.2) is 171 Å². The Morgan fingerprint density at radius 1 is 0.676 bits per heavy atom. The van der Waals surface area contributed by atoms with Crippen molar-refractivity contribution in [2.75, 3.05) is 19.7 Å². The van der Waals surface area contributed by atoms with Crippen LogP contribution in [0.4, 0.5) is 0 Å². The quantitative estimate of drug-likeness (QED) is 0.0197. The monoisotopic (exact) mass is 1050 g/mol. The Balaban J connectivity index is 2.39. The summed E-state index contributed by atoms with van der Waals surface area (Å²) in [4.78, 5) is 139. The Morgan fingerprint density at radius 2 is 1.20 bits per heavy atom. The number of guanidine groups is 1. The molecule has 26 heteroatoms. The van der Waals surface area contributed by atoms with Gasteiger partial charge >= 0.3 is 11.9 Å². The summed E-state index contributed by atoms with van der Waals surface area (Å²) >= 11 is 0. The van der Waals surface area contributed by atoms with E-state index in [-0.39, 0.29) is 63.0 Å². The maximum Gasteiger partial charge on any atom is 0.326 e. The Bertz CT molecular complexity index is 2120. The molecule has 2 rings (SSSR count). The zero-order chi connectivity index (χ0) is 56.0. The highest BCUT2D eigenvalue weighted by Gasteiger charge is 2.40. The maximum absolute atomic E-state index is 14.1. The molecule has 0 radical (unpaired) electrons. The summed E-state index contributed by atoms with van der Waals surface area (Å²) in [6.07, 6.45) is -1.74. The molecule has 1 aliphatic rings. The number of aliphatic imine (C=N–C) groups is 1. The molecule has 74 heavy (non-hydrogen) atoms. The molecular weight excluding hydrogens is 969 g/mol. The first-order valence-electron chi connectivity index (χ1n) is 24.7. The Kier molecular flexibility index (Phi) is 26.4. The van der Waals surface area contributed by atoms with Crippen LogP contribution >= 0.6 is 0 Å². The molecule has 414 valence electrons. The van der Waals surface area contributed by atoms with Gasteiger partial charge in [0.2, 0.25) is 47.3 Å². The number of likely N-dealkylation sites (tertiary alicyclic amines) is 1. The fourth-order valence-corrected chi connectivity index (χ4v) is 8.01. The fourth-order valence-electron chi connectivity index (χ4n) is 8.01. The third-order valence-electron chi connectivity index (χ3n) is 11.8. The number of aliphatic carboxylic acids is 2. The lowest BCUT2D eigenvalue weighted by atomic mass is 10.0. The number of aliphatic hydroxyl groups is 2. The van der Waals surface area contributed by atoms with Gasteiger partial charge in [-0.1, -0.05) is 71.9 Å². The van der Waals surface area contributed by atoms with Crippen LogP contribution in [0.1, 0.15) is 99.0 Å². The highest BCUT2D eigenvalue weighted by atomic mass is 16.4. The van der Waals surface area contributed by atoms with Crippen molar-refractivity contribution in [3.8, 4) is 0 Å². The second kappa shape index (κ2) is 31.0. The average Bonchev–Trinajstić information content (AvgIpc) is 3.81. The third kappa shape index (κ3) is 21.3. The van der Waals surface area contributed by atoms with Gasteiger partial charge in [0.1, 0.15) is 48.3 Å². The second-order valence-electron chi connectivity index (χ2n) is 19.6. The van der Waals surface area contributed by atoms with E-state index in [1.54, 1.807) is 44.2 Å². The largest absolute Gasteiger partial charge is 0.481 e. The predicted molar refractivity (Wildman–Crippen MR) is 269 cm³/mol. The van der Waals surface area contributed by atoms with Crippen LogP contribution in [0.5, 0.6) is 0 Å². The average molecular weight is 1050 g/mol. The summed E-state index contributed by atoms with van der Waals surface area (Å²) in [6.45, 7) is 10.8. The number of carboxylic acids is 2. The van der Waals surface area contributed by atoms with E-state index in [9.17, 15) is 68.4 Å². The van der Waals surface area contributed by atoms with Crippen LogP contribution < -0.4 is 54.4 Å². The Morgan fingerprint density at radius 3 is 1.74 bits per heavy atom. The van der Waals surface area contributed by atoms with Gasteiger partial charge in [-0.2, -0.15) is 0 Å². The normalized spacial score (nSPS) is 17.0. The van der Waals surface area contributed by atoms with Crippen molar-refractivity contribution in [2.45, 2.75) is 160 Å². The lowest BCUT2D eigenvalue weighted by Crippen LogP contribution is -2.62. The van der Waals surface area contributed by atoms with Crippen molar-refractivity contribution in [2.24, 2.45) is 39.9 Å². The molecule has 1 saturated heterocycles. The summed E-state index contributed by atoms with van der Waals surface area (Å²) in [5, 5.41) is 57.1. The summed E-state index contributed by atoms with van der Waals surface area (Å²) < 4.78 is 0. The maximum atomic E-state index is 14.1. The molecule has 26 nitrogen and oxygen atoms in total. The van der Waals surface area contributed by atoms with E-state index in [0.717, 1.165) is 0 Å². The van der Waals surface area contributed by atoms with E-state index >= 15 is 0 Å². The van der Waals surface area contributed by atoms with E-state index in [0.29, 0.717) is 18.4 Å². The molecule has 0 aliphatic carbocycles. The van der Waals surface area contributed by atoms with Crippen molar-refractivity contribution in [1.82, 2.24) is 42.1 Å². The summed E-state index contributed by atoms with van der Waals surface area (Å²) in [7, 11) is 0. The summed E-state index contributed by atoms with van der Waals surface area (Å²) in [5.74, 6) is -11.5. The second-order valence-corrected chi connectivity index (χ2v) is 19.6. The van der Waals surface area contributed by atoms with Gasteiger partial charge in [-0.3, -0.25) is 48.1 Å². The molecule has 0 spiro atoms. The van der Waals surface area contributed by atoms with Crippen molar-refractivity contribution >= 4 is 65.2 Å². The molecule has 0 unspecified atom stereocenters. The number of aliphatic hydroxyl groups excluding tert-OH is 2. The van der Waals surface area contributed by atoms with Gasteiger partial charge in [-0.05, 0) is 68.8 Å². The Hall–Kier alpha value is -6.93. The molecule has 1 heterocycles. The zero-order valence-corrected chi connectivity index (χ0v) is 43.2. The minimum atomic E-state index is -1.89. The first kappa shape index (κ1) is 63.2. The number of amides is 8. The van der Waals surface area contributed by atoms with Gasteiger partial charge in [0.05, 0.1) is 25.2 Å². The lowest BCUT2D eigenvalue weighted by Gasteiger charge is -2.30. The predicted octanol–water partition coefficient (Wildman–Crippen LogP) is -3.32. The number of rotatable bonds is 31. The number of nitrogens with zero attached hydrogens (tertiary/aromatic N) is 2. The van der Waals surface area contributed by atoms with Crippen molar-refractivity contribution in [3.63, 3.8) is 0 Å². The molecular formula is C48H78N12O14. The van der Waals surface area contributed by atoms with Gasteiger partial charge in [0, 0.05) is 19.5 Å². The number of carbonyl (C=O) groups excluding carboxylic acids is 8. The van der Waals surface area contributed by atoms with Gasteiger partial charge < -0.3 is 79.7 Å². The molecule has 8 amide bonds. The van der Waals surface area contributed by atoms with Crippen LogP contribution in [0.3, 0.4) is 0 Å². The molecule has 1 aromatic carbocycles. The van der Waals surface area contributed by atoms with Gasteiger partial charge in [-0.15, -0.1) is 0 Å². The van der Waals surface area contributed by atoms with Crippen LogP contribution in [0.15, 0.2) is 35.3 Å². The fraction of sp³-hybridized carbons (Fsp3) is 0.646. The van der Waals surface area contributed by atoms with Crippen molar-refractivity contribution in [3.05, 3.63) is 35.9 Å². The van der Waals surface area contributed by atoms with E-state index in [2.05, 4.69) is 42.2 Å². The lowest BCUT2D eigenvalue weighted by molar-refractivity contribution is -0.143. The topological polar surface area (TPSA) is 429 Å². The van der Waals surface area contributed by atoms with E-state index < -0.39 is 139 Å². The molecule has 17 N–H and O–H groups in total. The molecule has 1 fully saturated rings. The molecule has 1 aromatic rings. The van der Waals surface area contributed by atoms with Gasteiger partial charge in [0.15, 0.2) is 5.96 Å². The van der Waals surface area contributed by atoms with Crippen LogP contribution in [0, 0.1) is 17.8 Å². The van der Waals surface area contributed by atoms with Gasteiger partial charge in [-0.25, -0.2) is 4.79 Å². The molecule has 10 atom stereocenters.